The number of aliphatic hydroxyl groups is 1. The first kappa shape index (κ1) is 14.6. The molecule has 1 unspecified atom stereocenters. The molecule has 1 aromatic rings. The van der Waals surface area contributed by atoms with Gasteiger partial charge < -0.3 is 10.4 Å². The molecule has 3 nitrogen and oxygen atoms in total. The number of alkyl halides is 3. The fourth-order valence-electron chi connectivity index (χ4n) is 1.99. The average molecular weight is 292 g/mol. The van der Waals surface area contributed by atoms with Gasteiger partial charge in [0.1, 0.15) is 0 Å². The molecule has 1 fully saturated rings. The summed E-state index contributed by atoms with van der Waals surface area (Å²) in [5, 5.41) is 12.9. The molecule has 1 saturated heterocycles. The molecule has 0 bridgehead atoms. The maximum Gasteiger partial charge on any atom is 0.418 e. The Morgan fingerprint density at radius 2 is 2.26 bits per heavy atom. The maximum absolute atomic E-state index is 12.7. The Labute approximate surface area is 113 Å². The third kappa shape index (κ3) is 3.84. The van der Waals surface area contributed by atoms with E-state index in [-0.39, 0.29) is 18.8 Å². The first-order valence-corrected chi connectivity index (χ1v) is 7.08. The lowest BCUT2D eigenvalue weighted by Gasteiger charge is -2.22. The number of thioether (sulfide) groups is 1. The third-order valence-corrected chi connectivity index (χ3v) is 4.26. The zero-order chi connectivity index (χ0) is 13.9. The minimum atomic E-state index is -4.40. The van der Waals surface area contributed by atoms with Gasteiger partial charge >= 0.3 is 6.18 Å². The van der Waals surface area contributed by atoms with E-state index in [4.69, 9.17) is 0 Å². The summed E-state index contributed by atoms with van der Waals surface area (Å²) in [5.41, 5.74) is -1.57. The van der Waals surface area contributed by atoms with Crippen LogP contribution in [0.3, 0.4) is 0 Å². The summed E-state index contributed by atoms with van der Waals surface area (Å²) in [4.78, 5) is 3.76. The molecule has 2 rings (SSSR count). The molecule has 0 spiro atoms. The van der Waals surface area contributed by atoms with E-state index < -0.39 is 17.3 Å². The van der Waals surface area contributed by atoms with Gasteiger partial charge in [0.05, 0.1) is 16.9 Å². The molecule has 1 atom stereocenters. The molecule has 0 aromatic carbocycles. The Morgan fingerprint density at radius 1 is 1.47 bits per heavy atom. The molecule has 1 aliphatic heterocycles. The Balaban J connectivity index is 1.96. The van der Waals surface area contributed by atoms with Crippen LogP contribution in [0, 0.1) is 0 Å². The van der Waals surface area contributed by atoms with E-state index in [1.54, 1.807) is 11.8 Å². The molecule has 19 heavy (non-hydrogen) atoms. The summed E-state index contributed by atoms with van der Waals surface area (Å²) in [7, 11) is 0. The molecule has 2 N–H and O–H groups in total. The van der Waals surface area contributed by atoms with Gasteiger partial charge in [0, 0.05) is 25.0 Å². The zero-order valence-electron chi connectivity index (χ0n) is 10.2. The highest BCUT2D eigenvalue weighted by molar-refractivity contribution is 7.99. The van der Waals surface area contributed by atoms with Crippen molar-refractivity contribution in [2.24, 2.45) is 0 Å². The van der Waals surface area contributed by atoms with Crippen LogP contribution in [0.2, 0.25) is 0 Å². The van der Waals surface area contributed by atoms with Crippen molar-refractivity contribution in [2.75, 3.05) is 18.1 Å². The van der Waals surface area contributed by atoms with Crippen LogP contribution in [-0.2, 0) is 12.7 Å². The standard InChI is InChI=1S/C12H15F3N2OS/c13-12(14,15)9-2-1-4-17-10(9)6-16-7-11(18)3-5-19-8-11/h1-2,4,16,18H,3,5-8H2. The van der Waals surface area contributed by atoms with Gasteiger partial charge in [-0.3, -0.25) is 4.98 Å². The molecule has 0 saturated carbocycles. The molecule has 1 aliphatic rings. The van der Waals surface area contributed by atoms with E-state index >= 15 is 0 Å². The van der Waals surface area contributed by atoms with E-state index in [9.17, 15) is 18.3 Å². The van der Waals surface area contributed by atoms with Crippen molar-refractivity contribution < 1.29 is 18.3 Å². The van der Waals surface area contributed by atoms with Crippen LogP contribution in [0.15, 0.2) is 18.3 Å². The van der Waals surface area contributed by atoms with Crippen molar-refractivity contribution in [2.45, 2.75) is 24.7 Å². The number of nitrogens with zero attached hydrogens (tertiary/aromatic N) is 1. The largest absolute Gasteiger partial charge is 0.418 e. The Hall–Kier alpha value is -0.790. The zero-order valence-corrected chi connectivity index (χ0v) is 11.0. The minimum Gasteiger partial charge on any atom is -0.388 e. The average Bonchev–Trinajstić information content (AvgIpc) is 2.76. The Bertz CT molecular complexity index is 433. The van der Waals surface area contributed by atoms with Gasteiger partial charge in [-0.05, 0) is 24.3 Å². The minimum absolute atomic E-state index is 0.00264. The van der Waals surface area contributed by atoms with Gasteiger partial charge in [0.2, 0.25) is 0 Å². The number of hydrogen-bond donors (Lipinski definition) is 2. The summed E-state index contributed by atoms with van der Waals surface area (Å²) < 4.78 is 38.2. The summed E-state index contributed by atoms with van der Waals surface area (Å²) >= 11 is 1.65. The Kier molecular flexibility index (Phi) is 4.37. The lowest BCUT2D eigenvalue weighted by atomic mass is 10.0. The molecular weight excluding hydrogens is 277 g/mol. The van der Waals surface area contributed by atoms with Gasteiger partial charge in [-0.1, -0.05) is 0 Å². The van der Waals surface area contributed by atoms with Crippen molar-refractivity contribution in [3.8, 4) is 0 Å². The molecule has 1 aromatic heterocycles. The summed E-state index contributed by atoms with van der Waals surface area (Å²) in [6.07, 6.45) is -2.39. The summed E-state index contributed by atoms with van der Waals surface area (Å²) in [6.45, 7) is 0.288. The molecule has 7 heteroatoms. The topological polar surface area (TPSA) is 45.1 Å². The first-order valence-electron chi connectivity index (χ1n) is 5.93. The van der Waals surface area contributed by atoms with Gasteiger partial charge in [-0.2, -0.15) is 24.9 Å². The molecule has 2 heterocycles. The third-order valence-electron chi connectivity index (χ3n) is 3.02. The highest BCUT2D eigenvalue weighted by Crippen LogP contribution is 2.31. The predicted molar refractivity (Wildman–Crippen MR) is 67.8 cm³/mol. The lowest BCUT2D eigenvalue weighted by molar-refractivity contribution is -0.138. The van der Waals surface area contributed by atoms with E-state index in [2.05, 4.69) is 10.3 Å². The van der Waals surface area contributed by atoms with Crippen molar-refractivity contribution in [1.82, 2.24) is 10.3 Å². The van der Waals surface area contributed by atoms with E-state index in [1.807, 2.05) is 0 Å². The molecule has 0 radical (unpaired) electrons. The van der Waals surface area contributed by atoms with E-state index in [0.717, 1.165) is 11.8 Å². The second-order valence-electron chi connectivity index (χ2n) is 4.63. The molecule has 0 amide bonds. The Morgan fingerprint density at radius 3 is 2.89 bits per heavy atom. The fraction of sp³-hybridized carbons (Fsp3) is 0.583. The highest BCUT2D eigenvalue weighted by atomic mass is 32.2. The number of aromatic nitrogens is 1. The van der Waals surface area contributed by atoms with Gasteiger partial charge in [0.15, 0.2) is 0 Å². The first-order chi connectivity index (χ1) is 8.91. The van der Waals surface area contributed by atoms with Crippen LogP contribution >= 0.6 is 11.8 Å². The van der Waals surface area contributed by atoms with Crippen LogP contribution in [-0.4, -0.2) is 33.7 Å². The van der Waals surface area contributed by atoms with Gasteiger partial charge in [-0.25, -0.2) is 0 Å². The van der Waals surface area contributed by atoms with Crippen LogP contribution in [0.5, 0.6) is 0 Å². The number of hydrogen-bond acceptors (Lipinski definition) is 4. The van der Waals surface area contributed by atoms with Crippen molar-refractivity contribution in [1.29, 1.82) is 0 Å². The number of rotatable bonds is 4. The van der Waals surface area contributed by atoms with E-state index in [0.29, 0.717) is 12.2 Å². The molecule has 0 aliphatic carbocycles. The van der Waals surface area contributed by atoms with Crippen molar-refractivity contribution in [3.05, 3.63) is 29.6 Å². The lowest BCUT2D eigenvalue weighted by Crippen LogP contribution is -2.40. The monoisotopic (exact) mass is 292 g/mol. The maximum atomic E-state index is 12.7. The fourth-order valence-corrected chi connectivity index (χ4v) is 3.28. The SMILES string of the molecule is OC1(CNCc2ncccc2C(F)(F)F)CCSC1. The second-order valence-corrected chi connectivity index (χ2v) is 5.73. The highest BCUT2D eigenvalue weighted by Gasteiger charge is 2.34. The predicted octanol–water partition coefficient (Wildman–Crippen LogP) is 2.06. The normalized spacial score (nSPS) is 23.8. The van der Waals surface area contributed by atoms with E-state index in [1.165, 1.54) is 12.3 Å². The smallest absolute Gasteiger partial charge is 0.388 e. The summed E-state index contributed by atoms with van der Waals surface area (Å²) in [5.74, 6) is 1.50. The molecular formula is C12H15F3N2OS. The van der Waals surface area contributed by atoms with Crippen LogP contribution in [0.4, 0.5) is 13.2 Å². The van der Waals surface area contributed by atoms with Crippen molar-refractivity contribution >= 4 is 11.8 Å². The number of halogens is 3. The van der Waals surface area contributed by atoms with Crippen LogP contribution < -0.4 is 5.32 Å². The second kappa shape index (κ2) is 5.68. The number of pyridine rings is 1. The van der Waals surface area contributed by atoms with Gasteiger partial charge in [-0.15, -0.1) is 0 Å². The summed E-state index contributed by atoms with van der Waals surface area (Å²) in [6, 6.07) is 2.29. The van der Waals surface area contributed by atoms with Crippen LogP contribution in [0.1, 0.15) is 17.7 Å². The van der Waals surface area contributed by atoms with Gasteiger partial charge in [0.25, 0.3) is 0 Å². The van der Waals surface area contributed by atoms with Crippen molar-refractivity contribution in [3.63, 3.8) is 0 Å². The quantitative estimate of drug-likeness (QED) is 0.891. The van der Waals surface area contributed by atoms with Crippen LogP contribution in [0.25, 0.3) is 0 Å². The molecule has 106 valence electrons. The number of nitrogens with one attached hydrogen (secondary N) is 1.